The molecule has 0 atom stereocenters. The van der Waals surface area contributed by atoms with Crippen molar-refractivity contribution in [2.45, 2.75) is 20.3 Å². The summed E-state index contributed by atoms with van der Waals surface area (Å²) < 4.78 is 0. The monoisotopic (exact) mass is 437 g/mol. The van der Waals surface area contributed by atoms with Gasteiger partial charge in [0, 0.05) is 4.88 Å². The number of hydrogen-bond acceptors (Lipinski definition) is 4. The first-order valence-electron chi connectivity index (χ1n) is 9.50. The molecular weight excluding hydrogens is 418 g/mol. The van der Waals surface area contributed by atoms with Crippen LogP contribution in [-0.4, -0.2) is 24.1 Å². The van der Waals surface area contributed by atoms with Crippen LogP contribution in [-0.2, 0) is 9.59 Å². The van der Waals surface area contributed by atoms with Gasteiger partial charge in [0.15, 0.2) is 0 Å². The van der Waals surface area contributed by atoms with E-state index in [4.69, 9.17) is 16.6 Å². The van der Waals surface area contributed by atoms with Gasteiger partial charge >= 0.3 is 0 Å². The third-order valence-electron chi connectivity index (χ3n) is 5.01. The maximum absolute atomic E-state index is 13.2. The molecule has 0 unspecified atom stereocenters. The number of amides is 2. The quantitative estimate of drug-likeness (QED) is 0.584. The lowest BCUT2D eigenvalue weighted by Crippen LogP contribution is -2.38. The molecule has 2 amide bonds. The van der Waals surface area contributed by atoms with E-state index in [2.05, 4.69) is 5.32 Å². The normalized spacial score (nSPS) is 13.5. The number of aryl methyl sites for hydroxylation is 2. The average Bonchev–Trinajstić information content (AvgIpc) is 3.21. The molecule has 1 aliphatic rings. The molecular formula is C23H20ClN3O2S. The van der Waals surface area contributed by atoms with Crippen molar-refractivity contribution in [1.29, 1.82) is 0 Å². The van der Waals surface area contributed by atoms with E-state index in [-0.39, 0.29) is 24.8 Å². The van der Waals surface area contributed by atoms with E-state index in [1.165, 1.54) is 4.90 Å². The zero-order valence-corrected chi connectivity index (χ0v) is 18.2. The Kier molecular flexibility index (Phi) is 5.70. The van der Waals surface area contributed by atoms with Crippen LogP contribution in [0.15, 0.2) is 58.9 Å². The molecule has 2 aromatic carbocycles. The summed E-state index contributed by atoms with van der Waals surface area (Å²) in [5.41, 5.74) is 4.68. The van der Waals surface area contributed by atoms with E-state index in [1.54, 1.807) is 35.6 Å². The standard InChI is InChI=1S/C23H20ClN3O2S/c1-14-10-18-20(11-15(14)2)27(13-22(28)26-17-7-4-3-6-16(17)24)23(29)12-19(25-18)21-8-5-9-30-21/h3-11H,12-13H2,1-2H3,(H,26,28). The molecule has 1 aromatic heterocycles. The summed E-state index contributed by atoms with van der Waals surface area (Å²) in [6, 6.07) is 14.8. The second kappa shape index (κ2) is 8.42. The van der Waals surface area contributed by atoms with Crippen LogP contribution in [0.2, 0.25) is 5.02 Å². The van der Waals surface area contributed by atoms with Gasteiger partial charge in [0.1, 0.15) is 6.54 Å². The minimum atomic E-state index is -0.319. The Morgan fingerprint density at radius 1 is 1.17 bits per heavy atom. The number of halogens is 1. The summed E-state index contributed by atoms with van der Waals surface area (Å²) in [7, 11) is 0. The van der Waals surface area contributed by atoms with E-state index in [0.717, 1.165) is 16.0 Å². The topological polar surface area (TPSA) is 61.8 Å². The summed E-state index contributed by atoms with van der Waals surface area (Å²) in [5.74, 6) is -0.487. The van der Waals surface area contributed by atoms with Gasteiger partial charge in [-0.2, -0.15) is 0 Å². The first-order chi connectivity index (χ1) is 14.4. The van der Waals surface area contributed by atoms with Crippen molar-refractivity contribution in [3.8, 4) is 0 Å². The van der Waals surface area contributed by atoms with Crippen LogP contribution in [0.4, 0.5) is 17.1 Å². The summed E-state index contributed by atoms with van der Waals surface area (Å²) in [5, 5.41) is 5.20. The molecule has 0 saturated heterocycles. The van der Waals surface area contributed by atoms with Crippen LogP contribution in [0.25, 0.3) is 0 Å². The first-order valence-corrected chi connectivity index (χ1v) is 10.8. The maximum Gasteiger partial charge on any atom is 0.244 e. The van der Waals surface area contributed by atoms with Crippen molar-refractivity contribution in [3.63, 3.8) is 0 Å². The Hall–Kier alpha value is -2.96. The number of nitrogens with zero attached hydrogens (tertiary/aromatic N) is 2. The molecule has 2 heterocycles. The second-order valence-electron chi connectivity index (χ2n) is 7.15. The smallest absolute Gasteiger partial charge is 0.244 e. The second-order valence-corrected chi connectivity index (χ2v) is 8.50. The molecule has 3 aromatic rings. The number of anilines is 2. The number of nitrogens with one attached hydrogen (secondary N) is 1. The van der Waals surface area contributed by atoms with Gasteiger partial charge in [-0.1, -0.05) is 29.8 Å². The molecule has 7 heteroatoms. The highest BCUT2D eigenvalue weighted by Gasteiger charge is 2.27. The molecule has 1 aliphatic heterocycles. The Bertz CT molecular complexity index is 1160. The van der Waals surface area contributed by atoms with E-state index in [1.807, 2.05) is 43.5 Å². The number of rotatable bonds is 4. The van der Waals surface area contributed by atoms with Crippen molar-refractivity contribution in [3.05, 3.63) is 74.9 Å². The summed E-state index contributed by atoms with van der Waals surface area (Å²) >= 11 is 7.69. The molecule has 5 nitrogen and oxygen atoms in total. The van der Waals surface area contributed by atoms with Crippen molar-refractivity contribution >= 4 is 57.5 Å². The van der Waals surface area contributed by atoms with Crippen molar-refractivity contribution in [1.82, 2.24) is 0 Å². The van der Waals surface area contributed by atoms with Gasteiger partial charge in [-0.3, -0.25) is 9.59 Å². The number of para-hydroxylation sites is 1. The van der Waals surface area contributed by atoms with Gasteiger partial charge in [-0.05, 0) is 60.7 Å². The largest absolute Gasteiger partial charge is 0.323 e. The maximum atomic E-state index is 13.2. The highest BCUT2D eigenvalue weighted by molar-refractivity contribution is 7.12. The zero-order chi connectivity index (χ0) is 21.3. The third kappa shape index (κ3) is 4.15. The third-order valence-corrected chi connectivity index (χ3v) is 6.26. The van der Waals surface area contributed by atoms with Crippen LogP contribution in [0.3, 0.4) is 0 Å². The summed E-state index contributed by atoms with van der Waals surface area (Å²) in [6.45, 7) is 3.88. The van der Waals surface area contributed by atoms with E-state index >= 15 is 0 Å². The Morgan fingerprint density at radius 3 is 2.67 bits per heavy atom. The fourth-order valence-corrected chi connectivity index (χ4v) is 4.20. The molecule has 1 N–H and O–H groups in total. The lowest BCUT2D eigenvalue weighted by molar-refractivity contribution is -0.120. The summed E-state index contributed by atoms with van der Waals surface area (Å²) in [4.78, 5) is 33.2. The van der Waals surface area contributed by atoms with Crippen LogP contribution in [0, 0.1) is 13.8 Å². The van der Waals surface area contributed by atoms with Crippen molar-refractivity contribution < 1.29 is 9.59 Å². The van der Waals surface area contributed by atoms with Crippen LogP contribution in [0.5, 0.6) is 0 Å². The van der Waals surface area contributed by atoms with E-state index in [0.29, 0.717) is 27.8 Å². The van der Waals surface area contributed by atoms with Gasteiger partial charge < -0.3 is 10.2 Å². The molecule has 152 valence electrons. The average molecular weight is 438 g/mol. The zero-order valence-electron chi connectivity index (χ0n) is 16.6. The number of carbonyl (C=O) groups is 2. The van der Waals surface area contributed by atoms with Gasteiger partial charge in [-0.15, -0.1) is 11.3 Å². The predicted molar refractivity (Wildman–Crippen MR) is 123 cm³/mol. The molecule has 0 bridgehead atoms. The van der Waals surface area contributed by atoms with E-state index < -0.39 is 0 Å². The minimum Gasteiger partial charge on any atom is -0.323 e. The highest BCUT2D eigenvalue weighted by atomic mass is 35.5. The number of carbonyl (C=O) groups excluding carboxylic acids is 2. The van der Waals surface area contributed by atoms with Gasteiger partial charge in [0.05, 0.1) is 34.2 Å². The minimum absolute atomic E-state index is 0.118. The predicted octanol–water partition coefficient (Wildman–Crippen LogP) is 5.51. The van der Waals surface area contributed by atoms with Gasteiger partial charge in [0.25, 0.3) is 0 Å². The number of benzene rings is 2. The molecule has 0 spiro atoms. The molecule has 0 radical (unpaired) electrons. The van der Waals surface area contributed by atoms with Gasteiger partial charge in [-0.25, -0.2) is 4.99 Å². The van der Waals surface area contributed by atoms with Gasteiger partial charge in [0.2, 0.25) is 11.8 Å². The highest BCUT2D eigenvalue weighted by Crippen LogP contribution is 2.36. The molecule has 30 heavy (non-hydrogen) atoms. The SMILES string of the molecule is Cc1cc2c(cc1C)N(CC(=O)Nc1ccccc1Cl)C(=O)CC(c1cccs1)=N2. The van der Waals surface area contributed by atoms with Crippen LogP contribution >= 0.6 is 22.9 Å². The van der Waals surface area contributed by atoms with Crippen molar-refractivity contribution in [2.75, 3.05) is 16.8 Å². The molecule has 4 rings (SSSR count). The molecule has 0 aliphatic carbocycles. The number of fused-ring (bicyclic) bond motifs is 1. The number of thiophene rings is 1. The molecule has 0 fully saturated rings. The Balaban J connectivity index is 1.68. The number of hydrogen-bond donors (Lipinski definition) is 1. The van der Waals surface area contributed by atoms with Crippen LogP contribution in [0.1, 0.15) is 22.4 Å². The summed E-state index contributed by atoms with van der Waals surface area (Å²) in [6.07, 6.45) is 0.132. The lowest BCUT2D eigenvalue weighted by atomic mass is 10.1. The fraction of sp³-hybridized carbons (Fsp3) is 0.174. The lowest BCUT2D eigenvalue weighted by Gasteiger charge is -2.23. The number of aliphatic imine (C=N–C) groups is 1. The first kappa shape index (κ1) is 20.3. The Labute approximate surface area is 184 Å². The molecule has 0 saturated carbocycles. The van der Waals surface area contributed by atoms with E-state index in [9.17, 15) is 9.59 Å². The van der Waals surface area contributed by atoms with Crippen molar-refractivity contribution in [2.24, 2.45) is 4.99 Å². The Morgan fingerprint density at radius 2 is 1.93 bits per heavy atom. The van der Waals surface area contributed by atoms with Crippen LogP contribution < -0.4 is 10.2 Å². The fourth-order valence-electron chi connectivity index (χ4n) is 3.30.